The van der Waals surface area contributed by atoms with E-state index in [1.54, 1.807) is 78.9 Å². The lowest BCUT2D eigenvalue weighted by molar-refractivity contribution is -0.130. The van der Waals surface area contributed by atoms with E-state index in [1.165, 1.54) is 0 Å². The minimum Gasteiger partial charge on any atom is -0.494 e. The third-order valence-corrected chi connectivity index (χ3v) is 8.10. The molecule has 0 unspecified atom stereocenters. The maximum absolute atomic E-state index is 14.4. The van der Waals surface area contributed by atoms with Crippen molar-refractivity contribution < 1.29 is 19.4 Å². The molecule has 0 radical (unpaired) electrons. The van der Waals surface area contributed by atoms with Crippen molar-refractivity contribution in [2.45, 2.75) is 31.0 Å². The second-order valence-corrected chi connectivity index (χ2v) is 11.7. The topological polar surface area (TPSA) is 141 Å². The standard InChI is InChI=1S/C33H29Cl3N6O4/c34-24-10-6-21(7-11-24)20-38-41-32(44)33(19-23-4-1-2-5-29(23)40-42-37)30(27-15-12-25(35)18-28(27)36)46-31(39-33)22-8-13-26(14-9-22)45-17-3-16-43/h1-2,4-15,18,30,38,43H,3,16-17,19-20H2,(H,41,44)/t30-,33-/m0/s1. The fourth-order valence-electron chi connectivity index (χ4n) is 5.01. The van der Waals surface area contributed by atoms with Gasteiger partial charge in [0.1, 0.15) is 5.75 Å². The summed E-state index contributed by atoms with van der Waals surface area (Å²) in [6.45, 7) is 0.691. The van der Waals surface area contributed by atoms with E-state index < -0.39 is 17.6 Å². The van der Waals surface area contributed by atoms with Gasteiger partial charge < -0.3 is 14.6 Å². The van der Waals surface area contributed by atoms with Crippen molar-refractivity contribution in [1.82, 2.24) is 10.9 Å². The molecular formula is C33H29Cl3N6O4. The number of hydrazine groups is 1. The average Bonchev–Trinajstić information content (AvgIpc) is 3.43. The van der Waals surface area contributed by atoms with Crippen molar-refractivity contribution >= 4 is 52.3 Å². The van der Waals surface area contributed by atoms with Gasteiger partial charge in [-0.15, -0.1) is 0 Å². The van der Waals surface area contributed by atoms with Crippen LogP contribution in [0.2, 0.25) is 15.1 Å². The second kappa shape index (κ2) is 15.3. The molecule has 0 fully saturated rings. The molecule has 1 aliphatic rings. The molecule has 0 aliphatic carbocycles. The Kier molecular flexibility index (Phi) is 11.0. The van der Waals surface area contributed by atoms with E-state index in [0.29, 0.717) is 57.7 Å². The van der Waals surface area contributed by atoms with Crippen LogP contribution in [0, 0.1) is 0 Å². The molecule has 0 saturated carbocycles. The summed E-state index contributed by atoms with van der Waals surface area (Å²) in [6.07, 6.45) is -0.516. The molecule has 46 heavy (non-hydrogen) atoms. The Bertz CT molecular complexity index is 1760. The van der Waals surface area contributed by atoms with Gasteiger partial charge in [-0.3, -0.25) is 10.2 Å². The number of rotatable bonds is 13. The zero-order valence-corrected chi connectivity index (χ0v) is 26.6. The zero-order valence-electron chi connectivity index (χ0n) is 24.4. The summed E-state index contributed by atoms with van der Waals surface area (Å²) in [4.78, 5) is 22.4. The number of hydrogen-bond acceptors (Lipinski definition) is 7. The van der Waals surface area contributed by atoms with Crippen LogP contribution in [-0.2, 0) is 22.5 Å². The van der Waals surface area contributed by atoms with Crippen molar-refractivity contribution in [1.29, 1.82) is 0 Å². The Hall–Kier alpha value is -4.28. The van der Waals surface area contributed by atoms with Crippen LogP contribution in [0.5, 0.6) is 5.75 Å². The van der Waals surface area contributed by atoms with Crippen LogP contribution in [0.1, 0.15) is 34.8 Å². The van der Waals surface area contributed by atoms with Crippen molar-refractivity contribution in [3.05, 3.63) is 139 Å². The van der Waals surface area contributed by atoms with Gasteiger partial charge in [-0.25, -0.2) is 10.4 Å². The smallest absolute Gasteiger partial charge is 0.266 e. The first-order valence-corrected chi connectivity index (χ1v) is 15.4. The molecule has 1 heterocycles. The van der Waals surface area contributed by atoms with Gasteiger partial charge in [-0.2, -0.15) is 0 Å². The lowest BCUT2D eigenvalue weighted by Gasteiger charge is -2.31. The van der Waals surface area contributed by atoms with Crippen LogP contribution in [0.4, 0.5) is 5.69 Å². The van der Waals surface area contributed by atoms with Gasteiger partial charge in [0.25, 0.3) is 5.91 Å². The number of carbonyl (C=O) groups is 1. The molecule has 1 amide bonds. The number of amides is 1. The largest absolute Gasteiger partial charge is 0.494 e. The summed E-state index contributed by atoms with van der Waals surface area (Å²) in [5.41, 5.74) is 16.3. The summed E-state index contributed by atoms with van der Waals surface area (Å²) in [5, 5.41) is 14.2. The van der Waals surface area contributed by atoms with E-state index in [1.807, 2.05) is 12.1 Å². The highest BCUT2D eigenvalue weighted by Crippen LogP contribution is 2.46. The molecule has 3 N–H and O–H groups in total. The fraction of sp³-hybridized carbons (Fsp3) is 0.212. The van der Waals surface area contributed by atoms with E-state index in [2.05, 4.69) is 20.9 Å². The van der Waals surface area contributed by atoms with Gasteiger partial charge in [0.2, 0.25) is 5.90 Å². The summed E-state index contributed by atoms with van der Waals surface area (Å²) in [5.74, 6) is 0.297. The average molecular weight is 680 g/mol. The highest BCUT2D eigenvalue weighted by molar-refractivity contribution is 6.35. The van der Waals surface area contributed by atoms with E-state index in [-0.39, 0.29) is 23.9 Å². The molecule has 5 rings (SSSR count). The van der Waals surface area contributed by atoms with Crippen LogP contribution in [-0.4, -0.2) is 35.7 Å². The molecule has 13 heteroatoms. The Labute approximate surface area is 280 Å². The number of carbonyl (C=O) groups excluding carboxylic acids is 1. The number of ether oxygens (including phenoxy) is 2. The number of nitrogens with one attached hydrogen (secondary N) is 2. The minimum absolute atomic E-state index is 0.00781. The van der Waals surface area contributed by atoms with Crippen LogP contribution >= 0.6 is 34.8 Å². The molecule has 0 saturated heterocycles. The van der Waals surface area contributed by atoms with Gasteiger partial charge in [0.05, 0.1) is 6.61 Å². The highest BCUT2D eigenvalue weighted by Gasteiger charge is 2.54. The first-order valence-electron chi connectivity index (χ1n) is 14.3. The van der Waals surface area contributed by atoms with Crippen molar-refractivity contribution in [2.24, 2.45) is 10.1 Å². The molecule has 0 bridgehead atoms. The first kappa shape index (κ1) is 33.1. The van der Waals surface area contributed by atoms with Gasteiger partial charge in [0, 0.05) is 62.8 Å². The fourth-order valence-corrected chi connectivity index (χ4v) is 5.64. The molecule has 4 aromatic carbocycles. The molecule has 1 aliphatic heterocycles. The Balaban J connectivity index is 1.58. The first-order chi connectivity index (χ1) is 22.3. The number of azide groups is 1. The van der Waals surface area contributed by atoms with Gasteiger partial charge in [0.15, 0.2) is 11.6 Å². The number of halogens is 3. The normalized spacial score (nSPS) is 17.0. The van der Waals surface area contributed by atoms with E-state index in [4.69, 9.17) is 54.4 Å². The summed E-state index contributed by atoms with van der Waals surface area (Å²) in [7, 11) is 0. The van der Waals surface area contributed by atoms with Gasteiger partial charge >= 0.3 is 0 Å². The van der Waals surface area contributed by atoms with Crippen LogP contribution < -0.4 is 15.6 Å². The number of aliphatic imine (C=N–C) groups is 1. The molecular weight excluding hydrogens is 651 g/mol. The number of aliphatic hydroxyl groups is 1. The van der Waals surface area contributed by atoms with Gasteiger partial charge in [-0.05, 0) is 65.2 Å². The maximum atomic E-state index is 14.4. The molecule has 0 aromatic heterocycles. The molecule has 0 spiro atoms. The number of benzene rings is 4. The Morgan fingerprint density at radius 1 is 1.02 bits per heavy atom. The molecule has 10 nitrogen and oxygen atoms in total. The van der Waals surface area contributed by atoms with Gasteiger partial charge in [-0.1, -0.05) is 82.4 Å². The molecule has 4 aromatic rings. The Morgan fingerprint density at radius 3 is 2.48 bits per heavy atom. The monoisotopic (exact) mass is 678 g/mol. The van der Waals surface area contributed by atoms with E-state index in [9.17, 15) is 10.3 Å². The van der Waals surface area contributed by atoms with Crippen molar-refractivity contribution in [3.63, 3.8) is 0 Å². The number of hydrogen-bond donors (Lipinski definition) is 3. The SMILES string of the molecule is [N-]=[N+]=Nc1ccccc1C[C@]1(C(=O)NNCc2ccc(Cl)cc2)N=C(c2ccc(OCCCO)cc2)O[C@H]1c1ccc(Cl)cc1Cl. The Morgan fingerprint density at radius 2 is 1.76 bits per heavy atom. The number of aliphatic hydroxyl groups excluding tert-OH is 1. The second-order valence-electron chi connectivity index (χ2n) is 10.4. The quantitative estimate of drug-likeness (QED) is 0.0437. The molecule has 2 atom stereocenters. The van der Waals surface area contributed by atoms with E-state index >= 15 is 0 Å². The third kappa shape index (κ3) is 7.74. The lowest BCUT2D eigenvalue weighted by Crippen LogP contribution is -2.53. The van der Waals surface area contributed by atoms with Crippen molar-refractivity contribution in [3.8, 4) is 5.75 Å². The lowest BCUT2D eigenvalue weighted by atomic mass is 9.81. The predicted molar refractivity (Wildman–Crippen MR) is 179 cm³/mol. The van der Waals surface area contributed by atoms with E-state index in [0.717, 1.165) is 5.56 Å². The molecule has 236 valence electrons. The summed E-state index contributed by atoms with van der Waals surface area (Å²) in [6, 6.07) is 26.2. The van der Waals surface area contributed by atoms with Crippen LogP contribution in [0.25, 0.3) is 10.4 Å². The van der Waals surface area contributed by atoms with Crippen molar-refractivity contribution in [2.75, 3.05) is 13.2 Å². The maximum Gasteiger partial charge on any atom is 0.266 e. The zero-order chi connectivity index (χ0) is 32.5. The minimum atomic E-state index is -1.63. The predicted octanol–water partition coefficient (Wildman–Crippen LogP) is 7.67. The summed E-state index contributed by atoms with van der Waals surface area (Å²) < 4.78 is 12.2. The van der Waals surface area contributed by atoms with Crippen LogP contribution in [0.15, 0.2) is 101 Å². The summed E-state index contributed by atoms with van der Waals surface area (Å²) >= 11 is 19.0. The highest BCUT2D eigenvalue weighted by atomic mass is 35.5. The number of nitrogens with zero attached hydrogens (tertiary/aromatic N) is 4. The third-order valence-electron chi connectivity index (χ3n) is 7.29. The van der Waals surface area contributed by atoms with Crippen LogP contribution in [0.3, 0.4) is 0 Å².